The molecule has 1 unspecified atom stereocenters. The van der Waals surface area contributed by atoms with Gasteiger partial charge in [0.1, 0.15) is 0 Å². The van der Waals surface area contributed by atoms with Crippen molar-refractivity contribution >= 4 is 27.7 Å². The van der Waals surface area contributed by atoms with Crippen LogP contribution in [0.4, 0.5) is 0 Å². The molecule has 4 heteroatoms. The molecule has 2 nitrogen and oxygen atoms in total. The van der Waals surface area contributed by atoms with Crippen LogP contribution in [0.15, 0.2) is 52.0 Å². The lowest BCUT2D eigenvalue weighted by atomic mass is 10.1. The molecule has 2 N–H and O–H groups in total. The number of thioether (sulfide) groups is 1. The van der Waals surface area contributed by atoms with Crippen LogP contribution < -0.4 is 5.73 Å². The van der Waals surface area contributed by atoms with Gasteiger partial charge in [0.15, 0.2) is 0 Å². The van der Waals surface area contributed by atoms with E-state index in [1.54, 1.807) is 11.8 Å². The Morgan fingerprint density at radius 3 is 2.80 bits per heavy atom. The molecule has 2 rings (SSSR count). The van der Waals surface area contributed by atoms with Crippen molar-refractivity contribution in [3.8, 4) is 0 Å². The minimum absolute atomic E-state index is 0.124. The maximum atomic E-state index is 6.19. The number of pyridine rings is 1. The van der Waals surface area contributed by atoms with Crippen molar-refractivity contribution in [1.29, 1.82) is 0 Å². The molecule has 0 bridgehead atoms. The third-order valence-corrected chi connectivity index (χ3v) is 4.70. The fourth-order valence-corrected chi connectivity index (χ4v) is 3.33. The van der Waals surface area contributed by atoms with Gasteiger partial charge in [-0.3, -0.25) is 4.98 Å². The lowest BCUT2D eigenvalue weighted by molar-refractivity contribution is 0.731. The first-order chi connectivity index (χ1) is 9.67. The molecule has 20 heavy (non-hydrogen) atoms. The summed E-state index contributed by atoms with van der Waals surface area (Å²) in [6.07, 6.45) is 3.80. The Bertz CT molecular complexity index is 542. The molecule has 0 aliphatic carbocycles. The maximum Gasteiger partial charge on any atom is 0.0419 e. The summed E-state index contributed by atoms with van der Waals surface area (Å²) in [6.45, 7) is 2.14. The Labute approximate surface area is 133 Å². The molecule has 0 saturated heterocycles. The minimum atomic E-state index is 0.124. The van der Waals surface area contributed by atoms with E-state index in [2.05, 4.69) is 52.1 Å². The van der Waals surface area contributed by atoms with Gasteiger partial charge in [-0.2, -0.15) is 0 Å². The summed E-state index contributed by atoms with van der Waals surface area (Å²) in [5.74, 6) is 0.896. The van der Waals surface area contributed by atoms with E-state index in [1.165, 1.54) is 10.5 Å². The number of hydrogen-bond donors (Lipinski definition) is 1. The predicted molar refractivity (Wildman–Crippen MR) is 90.2 cm³/mol. The van der Waals surface area contributed by atoms with E-state index in [0.717, 1.165) is 28.8 Å². The molecule has 0 radical (unpaired) electrons. The van der Waals surface area contributed by atoms with Gasteiger partial charge in [-0.15, -0.1) is 11.8 Å². The van der Waals surface area contributed by atoms with Gasteiger partial charge in [-0.1, -0.05) is 35.0 Å². The number of benzene rings is 1. The molecule has 0 amide bonds. The second kappa shape index (κ2) is 7.81. The molecule has 1 aromatic heterocycles. The van der Waals surface area contributed by atoms with E-state index in [9.17, 15) is 0 Å². The minimum Gasteiger partial charge on any atom is -0.327 e. The van der Waals surface area contributed by atoms with Crippen LogP contribution in [-0.4, -0.2) is 16.8 Å². The molecule has 1 heterocycles. The number of aryl methyl sites for hydroxylation is 1. The monoisotopic (exact) mass is 350 g/mol. The van der Waals surface area contributed by atoms with Crippen LogP contribution in [0.2, 0.25) is 0 Å². The SMILES string of the molecule is CCc1ccc(CC(N)CSc2cccc(Br)c2)nc1. The van der Waals surface area contributed by atoms with Crippen molar-refractivity contribution in [2.24, 2.45) is 5.73 Å². The van der Waals surface area contributed by atoms with Crippen molar-refractivity contribution in [1.82, 2.24) is 4.98 Å². The Balaban J connectivity index is 1.84. The van der Waals surface area contributed by atoms with Gasteiger partial charge in [0.25, 0.3) is 0 Å². The van der Waals surface area contributed by atoms with Crippen LogP contribution in [0.5, 0.6) is 0 Å². The van der Waals surface area contributed by atoms with Crippen molar-refractivity contribution in [2.75, 3.05) is 5.75 Å². The summed E-state index contributed by atoms with van der Waals surface area (Å²) in [4.78, 5) is 5.70. The number of rotatable bonds is 6. The summed E-state index contributed by atoms with van der Waals surface area (Å²) in [7, 11) is 0. The third kappa shape index (κ3) is 4.93. The summed E-state index contributed by atoms with van der Waals surface area (Å²) in [5, 5.41) is 0. The molecule has 0 aliphatic heterocycles. The third-order valence-electron chi connectivity index (χ3n) is 3.03. The maximum absolute atomic E-state index is 6.19. The molecule has 0 saturated carbocycles. The first-order valence-corrected chi connectivity index (χ1v) is 8.53. The van der Waals surface area contributed by atoms with E-state index in [-0.39, 0.29) is 6.04 Å². The fraction of sp³-hybridized carbons (Fsp3) is 0.312. The zero-order valence-corrected chi connectivity index (χ0v) is 14.0. The summed E-state index contributed by atoms with van der Waals surface area (Å²) in [5.41, 5.74) is 8.53. The lowest BCUT2D eigenvalue weighted by Gasteiger charge is -2.11. The summed E-state index contributed by atoms with van der Waals surface area (Å²) in [6, 6.07) is 12.6. The second-order valence-electron chi connectivity index (χ2n) is 4.74. The summed E-state index contributed by atoms with van der Waals surface area (Å²) >= 11 is 5.27. The van der Waals surface area contributed by atoms with Crippen LogP contribution in [0, 0.1) is 0 Å². The van der Waals surface area contributed by atoms with E-state index < -0.39 is 0 Å². The quantitative estimate of drug-likeness (QED) is 0.798. The van der Waals surface area contributed by atoms with Gasteiger partial charge in [-0.05, 0) is 36.2 Å². The largest absolute Gasteiger partial charge is 0.327 e. The molecule has 0 fully saturated rings. The number of aromatic nitrogens is 1. The number of nitrogens with two attached hydrogens (primary N) is 1. The van der Waals surface area contributed by atoms with Crippen LogP contribution >= 0.6 is 27.7 Å². The number of nitrogens with zero attached hydrogens (tertiary/aromatic N) is 1. The van der Waals surface area contributed by atoms with Gasteiger partial charge in [0.05, 0.1) is 0 Å². The highest BCUT2D eigenvalue weighted by Gasteiger charge is 2.06. The predicted octanol–water partition coefficient (Wildman–Crippen LogP) is 4.07. The standard InChI is InChI=1S/C16H19BrN2S/c1-2-12-6-7-15(19-10-12)9-14(18)11-20-16-5-3-4-13(17)8-16/h3-8,10,14H,2,9,11,18H2,1H3. The van der Waals surface area contributed by atoms with Crippen LogP contribution in [0.3, 0.4) is 0 Å². The van der Waals surface area contributed by atoms with Crippen LogP contribution in [0.25, 0.3) is 0 Å². The van der Waals surface area contributed by atoms with Gasteiger partial charge in [0, 0.05) is 39.5 Å². The van der Waals surface area contributed by atoms with E-state index in [0.29, 0.717) is 0 Å². The molecule has 0 spiro atoms. The van der Waals surface area contributed by atoms with Gasteiger partial charge in [-0.25, -0.2) is 0 Å². The molecule has 2 aromatic rings. The van der Waals surface area contributed by atoms with Gasteiger partial charge >= 0.3 is 0 Å². The molecule has 0 aliphatic rings. The van der Waals surface area contributed by atoms with Crippen LogP contribution in [0.1, 0.15) is 18.2 Å². The lowest BCUT2D eigenvalue weighted by Crippen LogP contribution is -2.26. The van der Waals surface area contributed by atoms with Crippen molar-refractivity contribution in [3.05, 3.63) is 58.3 Å². The second-order valence-corrected chi connectivity index (χ2v) is 6.75. The molecule has 106 valence electrons. The van der Waals surface area contributed by atoms with E-state index in [1.807, 2.05) is 18.3 Å². The van der Waals surface area contributed by atoms with Gasteiger partial charge < -0.3 is 5.73 Å². The molecular formula is C16H19BrN2S. The zero-order chi connectivity index (χ0) is 14.4. The number of halogens is 1. The van der Waals surface area contributed by atoms with Gasteiger partial charge in [0.2, 0.25) is 0 Å². The zero-order valence-electron chi connectivity index (χ0n) is 11.6. The molecule has 1 atom stereocenters. The Morgan fingerprint density at radius 2 is 2.15 bits per heavy atom. The topological polar surface area (TPSA) is 38.9 Å². The summed E-state index contributed by atoms with van der Waals surface area (Å²) < 4.78 is 1.10. The first kappa shape index (κ1) is 15.5. The molecule has 1 aromatic carbocycles. The van der Waals surface area contributed by atoms with E-state index >= 15 is 0 Å². The van der Waals surface area contributed by atoms with E-state index in [4.69, 9.17) is 5.73 Å². The van der Waals surface area contributed by atoms with Crippen molar-refractivity contribution < 1.29 is 0 Å². The average molecular weight is 351 g/mol. The normalized spacial score (nSPS) is 12.3. The fourth-order valence-electron chi connectivity index (χ4n) is 1.87. The highest BCUT2D eigenvalue weighted by atomic mass is 79.9. The number of hydrogen-bond acceptors (Lipinski definition) is 3. The first-order valence-electron chi connectivity index (χ1n) is 6.75. The highest BCUT2D eigenvalue weighted by Crippen LogP contribution is 2.22. The smallest absolute Gasteiger partial charge is 0.0419 e. The van der Waals surface area contributed by atoms with Crippen molar-refractivity contribution in [2.45, 2.75) is 30.7 Å². The Morgan fingerprint density at radius 1 is 1.30 bits per heavy atom. The van der Waals surface area contributed by atoms with Crippen LogP contribution in [-0.2, 0) is 12.8 Å². The van der Waals surface area contributed by atoms with Crippen molar-refractivity contribution in [3.63, 3.8) is 0 Å². The Hall–Kier alpha value is -0.840. The highest BCUT2D eigenvalue weighted by molar-refractivity contribution is 9.10. The average Bonchev–Trinajstić information content (AvgIpc) is 2.46. The Kier molecular flexibility index (Phi) is 6.07. The molecular weight excluding hydrogens is 332 g/mol.